The van der Waals surface area contributed by atoms with Crippen molar-refractivity contribution in [3.05, 3.63) is 18.3 Å². The second kappa shape index (κ2) is 6.40. The second-order valence-corrected chi connectivity index (χ2v) is 4.66. The van der Waals surface area contributed by atoms with Crippen LogP contribution in [0.25, 0.3) is 0 Å². The van der Waals surface area contributed by atoms with Crippen LogP contribution in [-0.4, -0.2) is 26.3 Å². The van der Waals surface area contributed by atoms with E-state index in [-0.39, 0.29) is 10.8 Å². The molecule has 1 heterocycles. The van der Waals surface area contributed by atoms with E-state index in [0.717, 1.165) is 0 Å². The molecule has 15 heavy (non-hydrogen) atoms. The number of aromatic nitrogens is 1. The molecule has 4 nitrogen and oxygen atoms in total. The van der Waals surface area contributed by atoms with Crippen LogP contribution in [0.2, 0.25) is 0 Å². The Kier molecular flexibility index (Phi) is 5.93. The van der Waals surface area contributed by atoms with Gasteiger partial charge in [-0.15, -0.1) is 0 Å². The van der Waals surface area contributed by atoms with E-state index in [4.69, 9.17) is 4.74 Å². The van der Waals surface area contributed by atoms with Crippen LogP contribution >= 0.6 is 0 Å². The summed E-state index contributed by atoms with van der Waals surface area (Å²) in [5, 5.41) is 0.0933. The molecule has 0 atom stereocenters. The maximum atomic E-state index is 11.3. The minimum atomic E-state index is -3.19. The molecule has 0 N–H and O–H groups in total. The first-order chi connectivity index (χ1) is 7.10. The van der Waals surface area contributed by atoms with Gasteiger partial charge >= 0.3 is 0 Å². The van der Waals surface area contributed by atoms with Gasteiger partial charge < -0.3 is 4.74 Å². The van der Waals surface area contributed by atoms with Crippen LogP contribution in [0.3, 0.4) is 0 Å². The van der Waals surface area contributed by atoms with E-state index < -0.39 is 9.84 Å². The molecule has 0 bridgehead atoms. The van der Waals surface area contributed by atoms with E-state index in [0.29, 0.717) is 5.75 Å². The molecule has 1 rings (SSSR count). The van der Waals surface area contributed by atoms with Crippen molar-refractivity contribution in [2.75, 3.05) is 12.9 Å². The van der Waals surface area contributed by atoms with Gasteiger partial charge in [-0.2, -0.15) is 0 Å². The molecule has 1 aromatic heterocycles. The minimum absolute atomic E-state index is 0.0618. The van der Waals surface area contributed by atoms with E-state index in [2.05, 4.69) is 4.98 Å². The summed E-state index contributed by atoms with van der Waals surface area (Å²) in [6.45, 7) is 5.58. The number of ether oxygens (including phenoxy) is 1. The zero-order valence-corrected chi connectivity index (χ0v) is 10.3. The van der Waals surface area contributed by atoms with Crippen LogP contribution in [0.4, 0.5) is 0 Å². The number of pyridine rings is 1. The fourth-order valence-corrected chi connectivity index (χ4v) is 1.60. The highest BCUT2D eigenvalue weighted by atomic mass is 32.2. The zero-order chi connectivity index (χ0) is 11.9. The van der Waals surface area contributed by atoms with E-state index in [9.17, 15) is 8.42 Å². The number of nitrogens with zero attached hydrogens (tertiary/aromatic N) is 1. The Bertz CT molecular complexity index is 370. The third-order valence-corrected chi connectivity index (χ3v) is 3.28. The monoisotopic (exact) mass is 231 g/mol. The van der Waals surface area contributed by atoms with Crippen molar-refractivity contribution in [1.82, 2.24) is 4.98 Å². The predicted molar refractivity (Wildman–Crippen MR) is 59.9 cm³/mol. The molecule has 0 aliphatic heterocycles. The molecule has 0 aromatic carbocycles. The van der Waals surface area contributed by atoms with E-state index in [1.165, 1.54) is 19.4 Å². The van der Waals surface area contributed by atoms with Crippen molar-refractivity contribution in [3.63, 3.8) is 0 Å². The third-order valence-electron chi connectivity index (χ3n) is 1.64. The first-order valence-corrected chi connectivity index (χ1v) is 6.48. The van der Waals surface area contributed by atoms with Gasteiger partial charge in [0.25, 0.3) is 0 Å². The van der Waals surface area contributed by atoms with Gasteiger partial charge in [-0.05, 0) is 12.1 Å². The summed E-state index contributed by atoms with van der Waals surface area (Å²) in [6, 6.07) is 3.02. The Labute approximate surface area is 91.2 Å². The second-order valence-electron chi connectivity index (χ2n) is 2.44. The number of methoxy groups -OCH3 is 1. The van der Waals surface area contributed by atoms with Gasteiger partial charge in [0.05, 0.1) is 19.1 Å². The lowest BCUT2D eigenvalue weighted by Gasteiger charge is -2.01. The fraction of sp³-hybridized carbons (Fsp3) is 0.500. The maximum absolute atomic E-state index is 11.3. The van der Waals surface area contributed by atoms with Gasteiger partial charge in [0.1, 0.15) is 5.75 Å². The molecule has 0 saturated carbocycles. The lowest BCUT2D eigenvalue weighted by atomic mass is 10.5. The summed E-state index contributed by atoms with van der Waals surface area (Å²) < 4.78 is 27.5. The van der Waals surface area contributed by atoms with Gasteiger partial charge in [-0.3, -0.25) is 0 Å². The van der Waals surface area contributed by atoms with Crippen LogP contribution < -0.4 is 4.74 Å². The summed E-state index contributed by atoms with van der Waals surface area (Å²) >= 11 is 0. The first kappa shape index (κ1) is 13.9. The SMILES string of the molecule is CC.CCS(=O)(=O)c1ccc(OC)cn1. The molecule has 0 unspecified atom stereocenters. The standard InChI is InChI=1S/C8H11NO3S.C2H6/c1-3-13(10,11)8-5-4-7(12-2)6-9-8;1-2/h4-6H,3H2,1-2H3;1-2H3. The Balaban J connectivity index is 0.000000921. The summed E-state index contributed by atoms with van der Waals surface area (Å²) in [5.41, 5.74) is 0. The van der Waals surface area contributed by atoms with E-state index in [1.54, 1.807) is 13.0 Å². The van der Waals surface area contributed by atoms with Gasteiger partial charge in [0.15, 0.2) is 14.9 Å². The van der Waals surface area contributed by atoms with Crippen molar-refractivity contribution in [2.24, 2.45) is 0 Å². The van der Waals surface area contributed by atoms with Gasteiger partial charge in [0.2, 0.25) is 0 Å². The minimum Gasteiger partial charge on any atom is -0.495 e. The predicted octanol–water partition coefficient (Wildman–Crippen LogP) is 1.91. The summed E-state index contributed by atoms with van der Waals surface area (Å²) in [7, 11) is -1.68. The number of hydrogen-bond donors (Lipinski definition) is 0. The quantitative estimate of drug-likeness (QED) is 0.797. The molecule has 0 amide bonds. The molecular formula is C10H17NO3S. The number of rotatable bonds is 3. The number of hydrogen-bond acceptors (Lipinski definition) is 4. The van der Waals surface area contributed by atoms with Crippen molar-refractivity contribution >= 4 is 9.84 Å². The van der Waals surface area contributed by atoms with Crippen LogP contribution in [-0.2, 0) is 9.84 Å². The Hall–Kier alpha value is -1.10. The third kappa shape index (κ3) is 3.87. The summed E-state index contributed by atoms with van der Waals surface area (Å²) in [4.78, 5) is 3.78. The average Bonchev–Trinajstić information content (AvgIpc) is 2.32. The lowest BCUT2D eigenvalue weighted by Crippen LogP contribution is -2.05. The highest BCUT2D eigenvalue weighted by molar-refractivity contribution is 7.91. The number of sulfone groups is 1. The van der Waals surface area contributed by atoms with Crippen molar-refractivity contribution in [2.45, 2.75) is 25.8 Å². The summed E-state index contributed by atoms with van der Waals surface area (Å²) in [5.74, 6) is 0.613. The van der Waals surface area contributed by atoms with Gasteiger partial charge in [-0.1, -0.05) is 20.8 Å². The Morgan fingerprint density at radius 3 is 2.27 bits per heavy atom. The maximum Gasteiger partial charge on any atom is 0.195 e. The lowest BCUT2D eigenvalue weighted by molar-refractivity contribution is 0.412. The molecule has 86 valence electrons. The average molecular weight is 231 g/mol. The highest BCUT2D eigenvalue weighted by Gasteiger charge is 2.12. The first-order valence-electron chi connectivity index (χ1n) is 4.83. The molecular weight excluding hydrogens is 214 g/mol. The largest absolute Gasteiger partial charge is 0.495 e. The topological polar surface area (TPSA) is 56.3 Å². The van der Waals surface area contributed by atoms with E-state index in [1.807, 2.05) is 13.8 Å². The Morgan fingerprint density at radius 1 is 1.33 bits per heavy atom. The molecule has 0 aliphatic rings. The molecule has 0 spiro atoms. The van der Waals surface area contributed by atoms with Crippen LogP contribution in [0, 0.1) is 0 Å². The van der Waals surface area contributed by atoms with Gasteiger partial charge in [-0.25, -0.2) is 13.4 Å². The van der Waals surface area contributed by atoms with Crippen LogP contribution in [0.15, 0.2) is 23.4 Å². The van der Waals surface area contributed by atoms with Crippen molar-refractivity contribution < 1.29 is 13.2 Å². The normalized spacial score (nSPS) is 10.1. The summed E-state index contributed by atoms with van der Waals surface area (Å²) in [6.07, 6.45) is 1.39. The molecule has 0 fully saturated rings. The molecule has 1 aromatic rings. The Morgan fingerprint density at radius 2 is 1.93 bits per heavy atom. The van der Waals surface area contributed by atoms with Crippen molar-refractivity contribution in [3.8, 4) is 5.75 Å². The molecule has 0 aliphatic carbocycles. The molecule has 0 saturated heterocycles. The zero-order valence-electron chi connectivity index (χ0n) is 9.52. The van der Waals surface area contributed by atoms with Gasteiger partial charge in [0, 0.05) is 0 Å². The van der Waals surface area contributed by atoms with Crippen LogP contribution in [0.1, 0.15) is 20.8 Å². The van der Waals surface area contributed by atoms with E-state index >= 15 is 0 Å². The fourth-order valence-electron chi connectivity index (χ4n) is 0.819. The highest BCUT2D eigenvalue weighted by Crippen LogP contribution is 2.12. The smallest absolute Gasteiger partial charge is 0.195 e. The molecule has 0 radical (unpaired) electrons. The van der Waals surface area contributed by atoms with Crippen LogP contribution in [0.5, 0.6) is 5.75 Å². The molecule has 5 heteroatoms. The van der Waals surface area contributed by atoms with Crippen molar-refractivity contribution in [1.29, 1.82) is 0 Å².